The lowest BCUT2D eigenvalue weighted by atomic mass is 10.1. The smallest absolute Gasteiger partial charge is 0.262 e. The van der Waals surface area contributed by atoms with Gasteiger partial charge in [0.1, 0.15) is 11.2 Å². The van der Waals surface area contributed by atoms with Gasteiger partial charge in [-0.3, -0.25) is 4.79 Å². The van der Waals surface area contributed by atoms with Crippen molar-refractivity contribution in [2.24, 2.45) is 0 Å². The number of hydrogen-bond donors (Lipinski definition) is 1. The third-order valence-corrected chi connectivity index (χ3v) is 5.29. The van der Waals surface area contributed by atoms with Crippen LogP contribution in [0.2, 0.25) is 0 Å². The van der Waals surface area contributed by atoms with Gasteiger partial charge in [0.25, 0.3) is 5.56 Å². The maximum absolute atomic E-state index is 13.1. The molecule has 0 atom stereocenters. The number of aryl methyl sites for hydroxylation is 1. The SMILES string of the molecule is Cc1nn(C2CCOCC2)c2nc(Cc3ccc(-n4cc(F)cn4)nc3)[nH]c(=O)c12. The van der Waals surface area contributed by atoms with Gasteiger partial charge >= 0.3 is 0 Å². The Balaban J connectivity index is 1.46. The van der Waals surface area contributed by atoms with Gasteiger partial charge in [-0.25, -0.2) is 23.7 Å². The highest BCUT2D eigenvalue weighted by Crippen LogP contribution is 2.25. The highest BCUT2D eigenvalue weighted by molar-refractivity contribution is 5.77. The van der Waals surface area contributed by atoms with E-state index in [1.807, 2.05) is 17.7 Å². The molecule has 0 bridgehead atoms. The number of nitrogens with zero attached hydrogens (tertiary/aromatic N) is 6. The molecule has 1 fully saturated rings. The minimum Gasteiger partial charge on any atom is -0.381 e. The summed E-state index contributed by atoms with van der Waals surface area (Å²) in [6, 6.07) is 3.77. The van der Waals surface area contributed by atoms with Crippen LogP contribution < -0.4 is 5.56 Å². The third kappa shape index (κ3) is 3.39. The Kier molecular flexibility index (Phi) is 4.62. The van der Waals surface area contributed by atoms with E-state index < -0.39 is 5.82 Å². The number of hydrogen-bond acceptors (Lipinski definition) is 6. The lowest BCUT2D eigenvalue weighted by Gasteiger charge is -2.22. The number of nitrogens with one attached hydrogen (secondary N) is 1. The molecule has 0 aliphatic carbocycles. The van der Waals surface area contributed by atoms with Crippen molar-refractivity contribution >= 4 is 11.0 Å². The topological polar surface area (TPSA) is 104 Å². The van der Waals surface area contributed by atoms with Crippen molar-refractivity contribution in [1.29, 1.82) is 0 Å². The van der Waals surface area contributed by atoms with Crippen molar-refractivity contribution in [2.75, 3.05) is 13.2 Å². The molecule has 4 aromatic rings. The van der Waals surface area contributed by atoms with E-state index in [1.54, 1.807) is 12.3 Å². The molecular weight excluding hydrogens is 389 g/mol. The first-order chi connectivity index (χ1) is 14.6. The van der Waals surface area contributed by atoms with Gasteiger partial charge in [-0.2, -0.15) is 10.2 Å². The standard InChI is InChI=1S/C20H20FN7O2/c1-12-18-19(28(26-12)15-4-6-30-7-5-15)24-16(25-20(18)29)8-13-2-3-17(22-9-13)27-11-14(21)10-23-27/h2-3,9-11,15H,4-8H2,1H3,(H,24,25,29). The van der Waals surface area contributed by atoms with Gasteiger partial charge in [0.05, 0.1) is 24.1 Å². The number of fused-ring (bicyclic) bond motifs is 1. The Labute approximate surface area is 170 Å². The number of aromatic amines is 1. The minimum absolute atomic E-state index is 0.174. The van der Waals surface area contributed by atoms with E-state index in [0.29, 0.717) is 48.0 Å². The molecule has 0 unspecified atom stereocenters. The Morgan fingerprint density at radius 2 is 2.10 bits per heavy atom. The molecule has 1 aliphatic rings. The van der Waals surface area contributed by atoms with E-state index in [9.17, 15) is 9.18 Å². The van der Waals surface area contributed by atoms with E-state index >= 15 is 0 Å². The second kappa shape index (κ2) is 7.45. The summed E-state index contributed by atoms with van der Waals surface area (Å²) in [6.45, 7) is 3.19. The van der Waals surface area contributed by atoms with Gasteiger partial charge < -0.3 is 9.72 Å². The number of halogens is 1. The molecule has 10 heteroatoms. The highest BCUT2D eigenvalue weighted by Gasteiger charge is 2.22. The van der Waals surface area contributed by atoms with E-state index in [2.05, 4.69) is 20.2 Å². The second-order valence-corrected chi connectivity index (χ2v) is 7.39. The fraction of sp³-hybridized carbons (Fsp3) is 0.350. The molecule has 0 amide bonds. The Morgan fingerprint density at radius 3 is 2.80 bits per heavy atom. The van der Waals surface area contributed by atoms with Gasteiger partial charge in [0, 0.05) is 25.8 Å². The van der Waals surface area contributed by atoms with Gasteiger partial charge in [0.2, 0.25) is 0 Å². The van der Waals surface area contributed by atoms with Crippen molar-refractivity contribution in [3.8, 4) is 5.82 Å². The van der Waals surface area contributed by atoms with Crippen molar-refractivity contribution in [2.45, 2.75) is 32.2 Å². The van der Waals surface area contributed by atoms with Crippen molar-refractivity contribution in [1.82, 2.24) is 34.5 Å². The summed E-state index contributed by atoms with van der Waals surface area (Å²) in [6.07, 6.45) is 6.15. The summed E-state index contributed by atoms with van der Waals surface area (Å²) >= 11 is 0. The third-order valence-electron chi connectivity index (χ3n) is 5.29. The molecule has 1 aliphatic heterocycles. The average Bonchev–Trinajstić information content (AvgIpc) is 3.33. The molecule has 0 aromatic carbocycles. The molecule has 5 rings (SSSR count). The first-order valence-corrected chi connectivity index (χ1v) is 9.80. The quantitative estimate of drug-likeness (QED) is 0.554. The fourth-order valence-corrected chi connectivity index (χ4v) is 3.80. The highest BCUT2D eigenvalue weighted by atomic mass is 19.1. The first kappa shape index (κ1) is 18.6. The summed E-state index contributed by atoms with van der Waals surface area (Å²) in [5, 5.41) is 9.03. The number of ether oxygens (including phenoxy) is 1. The number of aromatic nitrogens is 7. The van der Waals surface area contributed by atoms with Crippen LogP contribution in [0.3, 0.4) is 0 Å². The van der Waals surface area contributed by atoms with Crippen LogP contribution in [0.1, 0.15) is 36.0 Å². The van der Waals surface area contributed by atoms with Gasteiger partial charge in [-0.05, 0) is 31.4 Å². The molecular formula is C20H20FN7O2. The number of rotatable bonds is 4. The van der Waals surface area contributed by atoms with Crippen LogP contribution in [0, 0.1) is 12.7 Å². The molecule has 5 heterocycles. The molecule has 4 aromatic heterocycles. The van der Waals surface area contributed by atoms with E-state index in [4.69, 9.17) is 9.72 Å². The fourth-order valence-electron chi connectivity index (χ4n) is 3.80. The van der Waals surface area contributed by atoms with Crippen LogP contribution in [0.4, 0.5) is 4.39 Å². The molecule has 1 saturated heterocycles. The van der Waals surface area contributed by atoms with Crippen LogP contribution >= 0.6 is 0 Å². The Morgan fingerprint density at radius 1 is 1.27 bits per heavy atom. The maximum Gasteiger partial charge on any atom is 0.262 e. The van der Waals surface area contributed by atoms with Crippen LogP contribution in [-0.4, -0.2) is 47.7 Å². The average molecular weight is 409 g/mol. The molecule has 0 saturated carbocycles. The Bertz CT molecular complexity index is 1250. The first-order valence-electron chi connectivity index (χ1n) is 9.80. The van der Waals surface area contributed by atoms with E-state index in [1.165, 1.54) is 10.9 Å². The summed E-state index contributed by atoms with van der Waals surface area (Å²) in [4.78, 5) is 24.6. The summed E-state index contributed by atoms with van der Waals surface area (Å²) in [5.74, 6) is 0.626. The van der Waals surface area contributed by atoms with Gasteiger partial charge in [-0.15, -0.1) is 0 Å². The second-order valence-electron chi connectivity index (χ2n) is 7.39. The molecule has 9 nitrogen and oxygen atoms in total. The summed E-state index contributed by atoms with van der Waals surface area (Å²) in [7, 11) is 0. The minimum atomic E-state index is -0.424. The van der Waals surface area contributed by atoms with Crippen molar-refractivity contribution in [3.63, 3.8) is 0 Å². The van der Waals surface area contributed by atoms with Gasteiger partial charge in [-0.1, -0.05) is 6.07 Å². The summed E-state index contributed by atoms with van der Waals surface area (Å²) in [5.41, 5.74) is 1.95. The predicted molar refractivity (Wildman–Crippen MR) is 106 cm³/mol. The predicted octanol–water partition coefficient (Wildman–Crippen LogP) is 2.09. The van der Waals surface area contributed by atoms with E-state index in [0.717, 1.165) is 24.6 Å². The van der Waals surface area contributed by atoms with Crippen LogP contribution in [0.15, 0.2) is 35.5 Å². The lowest BCUT2D eigenvalue weighted by molar-refractivity contribution is 0.0672. The monoisotopic (exact) mass is 409 g/mol. The normalized spacial score (nSPS) is 15.1. The number of H-pyrrole nitrogens is 1. The van der Waals surface area contributed by atoms with Crippen LogP contribution in [0.25, 0.3) is 16.9 Å². The lowest BCUT2D eigenvalue weighted by Crippen LogP contribution is -2.21. The molecule has 0 spiro atoms. The molecule has 30 heavy (non-hydrogen) atoms. The zero-order valence-corrected chi connectivity index (χ0v) is 16.4. The van der Waals surface area contributed by atoms with Crippen molar-refractivity contribution < 1.29 is 9.13 Å². The van der Waals surface area contributed by atoms with Crippen LogP contribution in [0.5, 0.6) is 0 Å². The molecule has 154 valence electrons. The zero-order valence-electron chi connectivity index (χ0n) is 16.4. The largest absolute Gasteiger partial charge is 0.381 e. The Hall–Kier alpha value is -3.40. The zero-order chi connectivity index (χ0) is 20.7. The van der Waals surface area contributed by atoms with E-state index in [-0.39, 0.29) is 11.6 Å². The molecule has 1 N–H and O–H groups in total. The summed E-state index contributed by atoms with van der Waals surface area (Å²) < 4.78 is 21.8. The van der Waals surface area contributed by atoms with Crippen molar-refractivity contribution in [3.05, 3.63) is 64.0 Å². The maximum atomic E-state index is 13.1. The van der Waals surface area contributed by atoms with Gasteiger partial charge in [0.15, 0.2) is 17.3 Å². The van der Waals surface area contributed by atoms with Crippen LogP contribution in [-0.2, 0) is 11.2 Å². The molecule has 0 radical (unpaired) electrons. The number of pyridine rings is 1.